The summed E-state index contributed by atoms with van der Waals surface area (Å²) < 4.78 is 92.4. The standard InChI is InChI=1S/2C23H29FO4S/c2*1-4-6-12-23(5-2)15-29(26,27)20-11-10-18(28-3)14-19(20)21(22(23)25)16-8-7-9-17(24)13-16/h2*7-11,13-14,21-22,25H,4-6,12,15H2,1-3H3/t21-,22-,23+;21-,22-,23-/m01/s1. The summed E-state index contributed by atoms with van der Waals surface area (Å²) in [7, 11) is -4.27. The Morgan fingerprint density at radius 3 is 1.29 bits per heavy atom. The molecule has 0 fully saturated rings. The highest BCUT2D eigenvalue weighted by Gasteiger charge is 2.50. The lowest BCUT2D eigenvalue weighted by Gasteiger charge is -2.39. The molecule has 0 spiro atoms. The second-order valence-electron chi connectivity index (χ2n) is 15.9. The maximum atomic E-state index is 14.1. The number of hydrogen-bond acceptors (Lipinski definition) is 8. The van der Waals surface area contributed by atoms with Crippen LogP contribution in [0.3, 0.4) is 0 Å². The number of methoxy groups -OCH3 is 2. The molecule has 0 saturated carbocycles. The Morgan fingerprint density at radius 2 is 0.983 bits per heavy atom. The van der Waals surface area contributed by atoms with E-state index in [9.17, 15) is 35.8 Å². The zero-order chi connectivity index (χ0) is 42.5. The molecule has 2 N–H and O–H groups in total. The van der Waals surface area contributed by atoms with Gasteiger partial charge >= 0.3 is 0 Å². The van der Waals surface area contributed by atoms with Crippen LogP contribution in [0.4, 0.5) is 8.78 Å². The van der Waals surface area contributed by atoms with Gasteiger partial charge in [0.2, 0.25) is 0 Å². The van der Waals surface area contributed by atoms with Crippen molar-refractivity contribution in [2.45, 2.75) is 113 Å². The van der Waals surface area contributed by atoms with Crippen LogP contribution in [0.15, 0.2) is 94.7 Å². The number of ether oxygens (including phenoxy) is 2. The molecule has 0 amide bonds. The zero-order valence-corrected chi connectivity index (χ0v) is 36.0. The van der Waals surface area contributed by atoms with Gasteiger partial charge in [0.25, 0.3) is 0 Å². The van der Waals surface area contributed by atoms with E-state index < -0.39 is 66.2 Å². The summed E-state index contributed by atoms with van der Waals surface area (Å²) in [6.07, 6.45) is 3.72. The van der Waals surface area contributed by atoms with E-state index in [1.165, 1.54) is 38.5 Å². The lowest BCUT2D eigenvalue weighted by atomic mass is 9.69. The first-order valence-corrected chi connectivity index (χ1v) is 23.5. The van der Waals surface area contributed by atoms with E-state index in [1.54, 1.807) is 60.7 Å². The molecule has 0 unspecified atom stereocenters. The van der Waals surface area contributed by atoms with Crippen LogP contribution in [0.1, 0.15) is 113 Å². The van der Waals surface area contributed by atoms with Crippen LogP contribution in [0.25, 0.3) is 0 Å². The average molecular weight is 841 g/mol. The Kier molecular flexibility index (Phi) is 14.5. The molecule has 6 rings (SSSR count). The van der Waals surface area contributed by atoms with E-state index >= 15 is 0 Å². The fourth-order valence-corrected chi connectivity index (χ4v) is 13.6. The molecule has 316 valence electrons. The number of sulfone groups is 2. The summed E-state index contributed by atoms with van der Waals surface area (Å²) in [6.45, 7) is 7.94. The number of benzene rings is 4. The first-order valence-electron chi connectivity index (χ1n) is 20.2. The smallest absolute Gasteiger partial charge is 0.179 e. The predicted octanol–water partition coefficient (Wildman–Crippen LogP) is 9.40. The summed E-state index contributed by atoms with van der Waals surface area (Å²) in [4.78, 5) is 0.386. The summed E-state index contributed by atoms with van der Waals surface area (Å²) in [5.41, 5.74) is 0.455. The van der Waals surface area contributed by atoms with E-state index in [2.05, 4.69) is 0 Å². The zero-order valence-electron chi connectivity index (χ0n) is 34.4. The molecule has 0 radical (unpaired) electrons. The molecule has 58 heavy (non-hydrogen) atoms. The number of rotatable bonds is 12. The van der Waals surface area contributed by atoms with Gasteiger partial charge in [-0.3, -0.25) is 0 Å². The number of aliphatic hydroxyl groups excluding tert-OH is 2. The Morgan fingerprint density at radius 1 is 0.603 bits per heavy atom. The van der Waals surface area contributed by atoms with Crippen LogP contribution in [-0.2, 0) is 19.7 Å². The van der Waals surface area contributed by atoms with E-state index in [-0.39, 0.29) is 21.3 Å². The largest absolute Gasteiger partial charge is 0.497 e. The maximum Gasteiger partial charge on any atom is 0.179 e. The van der Waals surface area contributed by atoms with Crippen molar-refractivity contribution in [1.82, 2.24) is 0 Å². The Balaban J connectivity index is 0.000000221. The van der Waals surface area contributed by atoms with Crippen molar-refractivity contribution in [1.29, 1.82) is 0 Å². The summed E-state index contributed by atoms with van der Waals surface area (Å²) in [6, 6.07) is 21.8. The molecule has 0 aliphatic carbocycles. The van der Waals surface area contributed by atoms with Crippen LogP contribution < -0.4 is 9.47 Å². The Hall–Kier alpha value is -3.84. The third kappa shape index (κ3) is 9.15. The van der Waals surface area contributed by atoms with E-state index in [4.69, 9.17) is 9.47 Å². The minimum Gasteiger partial charge on any atom is -0.497 e. The van der Waals surface area contributed by atoms with Gasteiger partial charge in [0.15, 0.2) is 19.7 Å². The SMILES string of the molecule is CCCC[C@]1(CC)CS(=O)(=O)c2ccc(OC)cc2[C@@H](c2cccc(F)c2)[C@H]1O.CCCC[C@]1(CC)CS(=O)(=O)c2ccc(OC)cc2[C@H](c2cccc(F)c2)[C@@H]1O. The van der Waals surface area contributed by atoms with Crippen LogP contribution in [0.2, 0.25) is 0 Å². The molecule has 6 atom stereocenters. The van der Waals surface area contributed by atoms with Gasteiger partial charge in [0.05, 0.1) is 47.7 Å². The number of unbranched alkanes of at least 4 members (excludes halogenated alkanes) is 2. The van der Waals surface area contributed by atoms with Gasteiger partial charge in [-0.15, -0.1) is 0 Å². The van der Waals surface area contributed by atoms with Crippen molar-refractivity contribution in [2.75, 3.05) is 25.7 Å². The van der Waals surface area contributed by atoms with Crippen LogP contribution in [0.5, 0.6) is 11.5 Å². The summed E-state index contributed by atoms with van der Waals surface area (Å²) in [5.74, 6) is -1.39. The van der Waals surface area contributed by atoms with Crippen LogP contribution in [0, 0.1) is 22.5 Å². The Labute approximate surface area is 343 Å². The van der Waals surface area contributed by atoms with Gasteiger partial charge < -0.3 is 19.7 Å². The van der Waals surface area contributed by atoms with E-state index in [0.29, 0.717) is 59.4 Å². The molecule has 12 heteroatoms. The summed E-state index contributed by atoms with van der Waals surface area (Å²) >= 11 is 0. The van der Waals surface area contributed by atoms with Gasteiger partial charge in [0.1, 0.15) is 23.1 Å². The molecular weight excluding hydrogens is 783 g/mol. The van der Waals surface area contributed by atoms with Crippen molar-refractivity contribution in [3.8, 4) is 11.5 Å². The van der Waals surface area contributed by atoms with Crippen molar-refractivity contribution in [3.05, 3.63) is 119 Å². The minimum absolute atomic E-state index is 0.122. The molecule has 8 nitrogen and oxygen atoms in total. The molecule has 4 aromatic rings. The topological polar surface area (TPSA) is 127 Å². The molecule has 0 bridgehead atoms. The molecular formula is C46H58F2O8S2. The third-order valence-electron chi connectivity index (χ3n) is 12.5. The quantitative estimate of drug-likeness (QED) is 0.145. The van der Waals surface area contributed by atoms with Crippen molar-refractivity contribution in [3.63, 3.8) is 0 Å². The van der Waals surface area contributed by atoms with Gasteiger partial charge in [-0.25, -0.2) is 25.6 Å². The van der Waals surface area contributed by atoms with Gasteiger partial charge in [-0.2, -0.15) is 0 Å². The fourth-order valence-electron chi connectivity index (χ4n) is 9.09. The van der Waals surface area contributed by atoms with Gasteiger partial charge in [-0.1, -0.05) is 77.6 Å². The lowest BCUT2D eigenvalue weighted by molar-refractivity contribution is 0.0172. The lowest BCUT2D eigenvalue weighted by Crippen LogP contribution is -2.42. The first kappa shape index (κ1) is 45.2. The van der Waals surface area contributed by atoms with Crippen LogP contribution >= 0.6 is 0 Å². The summed E-state index contributed by atoms with van der Waals surface area (Å²) in [5, 5.41) is 23.3. The highest BCUT2D eigenvalue weighted by molar-refractivity contribution is 7.91. The Bertz CT molecular complexity index is 2100. The first-order chi connectivity index (χ1) is 27.6. The number of halogens is 2. The maximum absolute atomic E-state index is 14.1. The van der Waals surface area contributed by atoms with Gasteiger partial charge in [0, 0.05) is 22.7 Å². The second-order valence-corrected chi connectivity index (χ2v) is 19.8. The van der Waals surface area contributed by atoms with E-state index in [1.807, 2.05) is 27.7 Å². The molecule has 2 aliphatic heterocycles. The van der Waals surface area contributed by atoms with Crippen molar-refractivity contribution in [2.24, 2.45) is 10.8 Å². The molecule has 0 saturated heterocycles. The average Bonchev–Trinajstić information content (AvgIpc) is 3.33. The molecule has 0 aromatic heterocycles. The number of aliphatic hydroxyl groups is 2. The van der Waals surface area contributed by atoms with Crippen LogP contribution in [-0.4, -0.2) is 65.0 Å². The fraction of sp³-hybridized carbons (Fsp3) is 0.478. The third-order valence-corrected chi connectivity index (χ3v) is 16.5. The predicted molar refractivity (Wildman–Crippen MR) is 223 cm³/mol. The molecule has 2 aliphatic rings. The molecule has 4 aromatic carbocycles. The van der Waals surface area contributed by atoms with Crippen molar-refractivity contribution < 1.29 is 45.3 Å². The molecule has 2 heterocycles. The normalized spacial score (nSPS) is 25.8. The monoisotopic (exact) mass is 840 g/mol. The van der Waals surface area contributed by atoms with E-state index in [0.717, 1.165) is 25.7 Å². The highest BCUT2D eigenvalue weighted by Crippen LogP contribution is 2.51. The number of hydrogen-bond donors (Lipinski definition) is 2. The number of fused-ring (bicyclic) bond motifs is 2. The highest BCUT2D eigenvalue weighted by atomic mass is 32.2. The van der Waals surface area contributed by atoms with Crippen molar-refractivity contribution >= 4 is 19.7 Å². The van der Waals surface area contributed by atoms with Gasteiger partial charge in [-0.05, 0) is 109 Å². The second kappa shape index (κ2) is 18.6. The minimum atomic E-state index is -3.65.